The van der Waals surface area contributed by atoms with Crippen molar-refractivity contribution in [2.45, 2.75) is 6.92 Å². The first-order chi connectivity index (χ1) is 5.83. The van der Waals surface area contributed by atoms with Gasteiger partial charge in [-0.25, -0.2) is 4.79 Å². The fourth-order valence-corrected chi connectivity index (χ4v) is 0.730. The van der Waals surface area contributed by atoms with Crippen LogP contribution in [-0.4, -0.2) is 17.6 Å². The molecular formula is C8H10N3O. The molecule has 4 heteroatoms. The van der Waals surface area contributed by atoms with Crippen LogP contribution in [-0.2, 0) is 0 Å². The standard InChI is InChI=1S/C8H10N3O/c1-2-10-8(12)11-7-4-3-5-9-6-7/h3-4,6H,2H2,1H3,(H2,10,11,12). The summed E-state index contributed by atoms with van der Waals surface area (Å²) in [6, 6.07) is 3.15. The maximum Gasteiger partial charge on any atom is 0.319 e. The number of amides is 2. The van der Waals surface area contributed by atoms with Gasteiger partial charge in [0.1, 0.15) is 0 Å². The van der Waals surface area contributed by atoms with Gasteiger partial charge >= 0.3 is 6.03 Å². The number of anilines is 1. The lowest BCUT2D eigenvalue weighted by Crippen LogP contribution is -2.28. The molecule has 0 saturated carbocycles. The summed E-state index contributed by atoms with van der Waals surface area (Å²) in [6.45, 7) is 2.47. The Morgan fingerprint density at radius 3 is 3.17 bits per heavy atom. The van der Waals surface area contributed by atoms with Crippen LogP contribution in [0.15, 0.2) is 18.3 Å². The Morgan fingerprint density at radius 1 is 1.75 bits per heavy atom. The molecule has 0 saturated heterocycles. The van der Waals surface area contributed by atoms with E-state index < -0.39 is 0 Å². The number of hydrogen-bond donors (Lipinski definition) is 2. The van der Waals surface area contributed by atoms with Crippen LogP contribution >= 0.6 is 0 Å². The van der Waals surface area contributed by atoms with Gasteiger partial charge in [0.15, 0.2) is 0 Å². The van der Waals surface area contributed by atoms with Crippen LogP contribution in [0.4, 0.5) is 10.5 Å². The topological polar surface area (TPSA) is 54.0 Å². The second kappa shape index (κ2) is 4.33. The summed E-state index contributed by atoms with van der Waals surface area (Å²) in [5.74, 6) is 0. The van der Waals surface area contributed by atoms with Gasteiger partial charge in [-0.2, -0.15) is 0 Å². The summed E-state index contributed by atoms with van der Waals surface area (Å²) in [5, 5.41) is 5.22. The van der Waals surface area contributed by atoms with Gasteiger partial charge in [-0.1, -0.05) is 0 Å². The minimum absolute atomic E-state index is 0.217. The third-order valence-corrected chi connectivity index (χ3v) is 1.21. The Balaban J connectivity index is 2.47. The van der Waals surface area contributed by atoms with Gasteiger partial charge < -0.3 is 10.6 Å². The molecule has 1 rings (SSSR count). The number of pyridine rings is 1. The number of nitrogens with one attached hydrogen (secondary N) is 2. The molecule has 2 N–H and O–H groups in total. The summed E-state index contributed by atoms with van der Waals surface area (Å²) < 4.78 is 0. The monoisotopic (exact) mass is 164 g/mol. The average Bonchev–Trinajstić information content (AvgIpc) is 2.06. The molecule has 4 nitrogen and oxygen atoms in total. The molecular weight excluding hydrogens is 154 g/mol. The smallest absolute Gasteiger partial charge is 0.319 e. The van der Waals surface area contributed by atoms with Crippen LogP contribution < -0.4 is 10.6 Å². The zero-order valence-corrected chi connectivity index (χ0v) is 6.79. The fraction of sp³-hybridized carbons (Fsp3) is 0.250. The first kappa shape index (κ1) is 8.52. The highest BCUT2D eigenvalue weighted by atomic mass is 16.2. The molecule has 1 aromatic rings. The van der Waals surface area contributed by atoms with Crippen LogP contribution in [0.25, 0.3) is 0 Å². The highest BCUT2D eigenvalue weighted by Gasteiger charge is 1.97. The normalized spacial score (nSPS) is 9.08. The SMILES string of the molecule is CCNC(=O)Nc1cc[c]nc1. The highest BCUT2D eigenvalue weighted by molar-refractivity contribution is 5.88. The minimum Gasteiger partial charge on any atom is -0.338 e. The molecule has 63 valence electrons. The third-order valence-electron chi connectivity index (χ3n) is 1.21. The number of carbonyl (C=O) groups excluding carboxylic acids is 1. The number of rotatable bonds is 2. The maximum atomic E-state index is 11.0. The molecule has 0 spiro atoms. The summed E-state index contributed by atoms with van der Waals surface area (Å²) in [5.41, 5.74) is 0.666. The van der Waals surface area contributed by atoms with Gasteiger partial charge in [-0.15, -0.1) is 0 Å². The van der Waals surface area contributed by atoms with Crippen molar-refractivity contribution in [1.29, 1.82) is 0 Å². The van der Waals surface area contributed by atoms with E-state index in [1.165, 1.54) is 6.20 Å². The first-order valence-electron chi connectivity index (χ1n) is 3.70. The molecule has 1 heterocycles. The van der Waals surface area contributed by atoms with E-state index in [2.05, 4.69) is 21.8 Å². The predicted octanol–water partition coefficient (Wildman–Crippen LogP) is 1.02. The predicted molar refractivity (Wildman–Crippen MR) is 45.8 cm³/mol. The quantitative estimate of drug-likeness (QED) is 0.685. The van der Waals surface area contributed by atoms with E-state index in [1.54, 1.807) is 12.1 Å². The Bertz CT molecular complexity index is 248. The highest BCUT2D eigenvalue weighted by Crippen LogP contribution is 2.00. The van der Waals surface area contributed by atoms with Crippen molar-refractivity contribution < 1.29 is 4.79 Å². The van der Waals surface area contributed by atoms with E-state index in [4.69, 9.17) is 0 Å². The molecule has 1 aromatic heterocycles. The van der Waals surface area contributed by atoms with E-state index in [0.29, 0.717) is 12.2 Å². The molecule has 0 aliphatic heterocycles. The number of carbonyl (C=O) groups is 1. The maximum absolute atomic E-state index is 11.0. The van der Waals surface area contributed by atoms with E-state index in [0.717, 1.165) is 0 Å². The van der Waals surface area contributed by atoms with Gasteiger partial charge in [-0.3, -0.25) is 4.98 Å². The lowest BCUT2D eigenvalue weighted by atomic mass is 10.4. The van der Waals surface area contributed by atoms with Crippen molar-refractivity contribution in [3.05, 3.63) is 24.5 Å². The van der Waals surface area contributed by atoms with E-state index in [1.807, 2.05) is 6.92 Å². The average molecular weight is 164 g/mol. The summed E-state index contributed by atoms with van der Waals surface area (Å²) >= 11 is 0. The largest absolute Gasteiger partial charge is 0.338 e. The lowest BCUT2D eigenvalue weighted by Gasteiger charge is -2.03. The Labute approximate surface area is 71.0 Å². The number of urea groups is 1. The number of hydrogen-bond acceptors (Lipinski definition) is 2. The minimum atomic E-state index is -0.217. The van der Waals surface area contributed by atoms with Crippen LogP contribution in [0.2, 0.25) is 0 Å². The van der Waals surface area contributed by atoms with Gasteiger partial charge in [0.2, 0.25) is 0 Å². The van der Waals surface area contributed by atoms with Gasteiger partial charge in [0.05, 0.1) is 18.1 Å². The van der Waals surface area contributed by atoms with Crippen LogP contribution in [0.3, 0.4) is 0 Å². The van der Waals surface area contributed by atoms with Crippen molar-refractivity contribution in [2.24, 2.45) is 0 Å². The fourth-order valence-electron chi connectivity index (χ4n) is 0.730. The van der Waals surface area contributed by atoms with Crippen LogP contribution in [0.5, 0.6) is 0 Å². The number of nitrogens with zero attached hydrogens (tertiary/aromatic N) is 1. The summed E-state index contributed by atoms with van der Waals surface area (Å²) in [6.07, 6.45) is 4.15. The van der Waals surface area contributed by atoms with Gasteiger partial charge in [0, 0.05) is 6.54 Å². The molecule has 0 aliphatic rings. The van der Waals surface area contributed by atoms with Crippen molar-refractivity contribution in [2.75, 3.05) is 11.9 Å². The van der Waals surface area contributed by atoms with Gasteiger partial charge in [-0.05, 0) is 19.1 Å². The van der Waals surface area contributed by atoms with E-state index in [9.17, 15) is 4.79 Å². The second-order valence-electron chi connectivity index (χ2n) is 2.16. The van der Waals surface area contributed by atoms with Crippen LogP contribution in [0.1, 0.15) is 6.92 Å². The van der Waals surface area contributed by atoms with Crippen molar-refractivity contribution in [3.63, 3.8) is 0 Å². The van der Waals surface area contributed by atoms with Crippen molar-refractivity contribution in [1.82, 2.24) is 10.3 Å². The van der Waals surface area contributed by atoms with Crippen LogP contribution in [0, 0.1) is 6.20 Å². The zero-order chi connectivity index (χ0) is 8.81. The molecule has 0 fully saturated rings. The molecule has 0 atom stereocenters. The Morgan fingerprint density at radius 2 is 2.58 bits per heavy atom. The second-order valence-corrected chi connectivity index (χ2v) is 2.16. The van der Waals surface area contributed by atoms with Gasteiger partial charge in [0.25, 0.3) is 0 Å². The molecule has 12 heavy (non-hydrogen) atoms. The molecule has 0 bridgehead atoms. The summed E-state index contributed by atoms with van der Waals surface area (Å²) in [4.78, 5) is 14.7. The first-order valence-corrected chi connectivity index (χ1v) is 3.70. The molecule has 1 radical (unpaired) electrons. The van der Waals surface area contributed by atoms with Crippen molar-refractivity contribution in [3.8, 4) is 0 Å². The summed E-state index contributed by atoms with van der Waals surface area (Å²) in [7, 11) is 0. The zero-order valence-electron chi connectivity index (χ0n) is 6.79. The van der Waals surface area contributed by atoms with E-state index in [-0.39, 0.29) is 6.03 Å². The van der Waals surface area contributed by atoms with E-state index >= 15 is 0 Å². The molecule has 0 aromatic carbocycles. The molecule has 0 aliphatic carbocycles. The third kappa shape index (κ3) is 2.57. The molecule has 2 amide bonds. The lowest BCUT2D eigenvalue weighted by molar-refractivity contribution is 0.252. The number of aromatic nitrogens is 1. The van der Waals surface area contributed by atoms with Crippen molar-refractivity contribution >= 4 is 11.7 Å². The Kier molecular flexibility index (Phi) is 3.07. The Hall–Kier alpha value is -1.58. The molecule has 0 unspecified atom stereocenters.